The Morgan fingerprint density at radius 1 is 1.20 bits per heavy atom. The summed E-state index contributed by atoms with van der Waals surface area (Å²) in [6.07, 6.45) is 8.18. The maximum atomic E-state index is 6.43. The molecule has 0 N–H and O–H groups in total. The van der Waals surface area contributed by atoms with Crippen molar-refractivity contribution < 1.29 is 9.47 Å². The topological polar surface area (TPSA) is 18.5 Å². The van der Waals surface area contributed by atoms with Gasteiger partial charge in [-0.1, -0.05) is 48.0 Å². The number of ether oxygens (including phenoxy) is 2. The van der Waals surface area contributed by atoms with Crippen LogP contribution in [0.4, 0.5) is 0 Å². The standard InChI is InChI=1S/C21H23ClO2S/c1-3-23-18-10-7-15(8-11-18)13-17-14-16(9-12-19(17)22)20-5-4-6-21(24-20)25-2/h4-5,7-12,14,20-21H,3,6,13H2,1-2H3/t20-,21+/m0/s1. The van der Waals surface area contributed by atoms with Crippen LogP contribution in [-0.4, -0.2) is 18.3 Å². The second-order valence-corrected chi connectivity index (χ2v) is 7.39. The first-order valence-corrected chi connectivity index (χ1v) is 10.2. The molecule has 0 aliphatic carbocycles. The zero-order valence-corrected chi connectivity index (χ0v) is 16.1. The molecule has 0 aromatic heterocycles. The van der Waals surface area contributed by atoms with E-state index in [9.17, 15) is 0 Å². The van der Waals surface area contributed by atoms with Gasteiger partial charge in [0.1, 0.15) is 17.3 Å². The van der Waals surface area contributed by atoms with Crippen LogP contribution in [0.15, 0.2) is 54.6 Å². The fourth-order valence-electron chi connectivity index (χ4n) is 2.92. The number of hydrogen-bond acceptors (Lipinski definition) is 3. The SMILES string of the molecule is CCOc1ccc(Cc2cc([C@@H]3C=CC[C@@H](SC)O3)ccc2Cl)cc1. The van der Waals surface area contributed by atoms with Crippen LogP contribution in [-0.2, 0) is 11.2 Å². The second kappa shape index (κ2) is 8.79. The molecular formula is C21H23ClO2S. The van der Waals surface area contributed by atoms with Crippen molar-refractivity contribution >= 4 is 23.4 Å². The van der Waals surface area contributed by atoms with E-state index < -0.39 is 0 Å². The third-order valence-corrected chi connectivity index (χ3v) is 5.43. The molecule has 132 valence electrons. The van der Waals surface area contributed by atoms with Crippen molar-refractivity contribution in [1.29, 1.82) is 0 Å². The average Bonchev–Trinajstić information content (AvgIpc) is 2.65. The van der Waals surface area contributed by atoms with E-state index in [1.165, 1.54) is 5.56 Å². The Kier molecular flexibility index (Phi) is 6.46. The summed E-state index contributed by atoms with van der Waals surface area (Å²) < 4.78 is 11.6. The van der Waals surface area contributed by atoms with Gasteiger partial charge in [0.25, 0.3) is 0 Å². The van der Waals surface area contributed by atoms with Gasteiger partial charge in [-0.15, -0.1) is 11.8 Å². The highest BCUT2D eigenvalue weighted by Crippen LogP contribution is 2.32. The molecule has 2 nitrogen and oxygen atoms in total. The summed E-state index contributed by atoms with van der Waals surface area (Å²) >= 11 is 8.18. The van der Waals surface area contributed by atoms with Gasteiger partial charge in [-0.05, 0) is 54.5 Å². The lowest BCUT2D eigenvalue weighted by molar-refractivity contribution is 0.0580. The van der Waals surface area contributed by atoms with Gasteiger partial charge >= 0.3 is 0 Å². The van der Waals surface area contributed by atoms with Gasteiger partial charge in [0.2, 0.25) is 0 Å². The zero-order valence-electron chi connectivity index (χ0n) is 14.6. The molecule has 25 heavy (non-hydrogen) atoms. The van der Waals surface area contributed by atoms with Gasteiger partial charge in [0.15, 0.2) is 0 Å². The van der Waals surface area contributed by atoms with Crippen molar-refractivity contribution in [1.82, 2.24) is 0 Å². The van der Waals surface area contributed by atoms with Crippen LogP contribution in [0.25, 0.3) is 0 Å². The lowest BCUT2D eigenvalue weighted by Gasteiger charge is -2.25. The minimum absolute atomic E-state index is 0.00236. The minimum Gasteiger partial charge on any atom is -0.494 e. The van der Waals surface area contributed by atoms with Crippen molar-refractivity contribution in [2.75, 3.05) is 12.9 Å². The molecule has 0 fully saturated rings. The summed E-state index contributed by atoms with van der Waals surface area (Å²) in [6, 6.07) is 14.4. The number of benzene rings is 2. The molecule has 2 aromatic carbocycles. The van der Waals surface area contributed by atoms with E-state index in [0.29, 0.717) is 6.61 Å². The zero-order chi connectivity index (χ0) is 17.6. The van der Waals surface area contributed by atoms with E-state index in [2.05, 4.69) is 42.7 Å². The fraction of sp³-hybridized carbons (Fsp3) is 0.333. The molecule has 1 heterocycles. The normalized spacial score (nSPS) is 19.8. The molecule has 0 bridgehead atoms. The van der Waals surface area contributed by atoms with Crippen molar-refractivity contribution in [3.05, 3.63) is 76.3 Å². The largest absolute Gasteiger partial charge is 0.494 e. The summed E-state index contributed by atoms with van der Waals surface area (Å²) in [5.74, 6) is 0.898. The summed E-state index contributed by atoms with van der Waals surface area (Å²) in [6.45, 7) is 2.67. The van der Waals surface area contributed by atoms with E-state index in [1.54, 1.807) is 11.8 Å². The molecule has 2 atom stereocenters. The van der Waals surface area contributed by atoms with Crippen molar-refractivity contribution in [3.8, 4) is 5.75 Å². The first-order chi connectivity index (χ1) is 12.2. The third kappa shape index (κ3) is 4.81. The van der Waals surface area contributed by atoms with Gasteiger partial charge in [-0.25, -0.2) is 0 Å². The van der Waals surface area contributed by atoms with Crippen LogP contribution in [0.3, 0.4) is 0 Å². The smallest absolute Gasteiger partial charge is 0.119 e. The first-order valence-electron chi connectivity index (χ1n) is 8.54. The lowest BCUT2D eigenvalue weighted by atomic mass is 9.99. The first kappa shape index (κ1) is 18.4. The maximum absolute atomic E-state index is 6.43. The van der Waals surface area contributed by atoms with E-state index in [0.717, 1.165) is 34.7 Å². The number of rotatable bonds is 6. The molecule has 0 saturated heterocycles. The minimum atomic E-state index is 0.00236. The van der Waals surface area contributed by atoms with Crippen molar-refractivity contribution in [2.24, 2.45) is 0 Å². The van der Waals surface area contributed by atoms with Crippen LogP contribution in [0.2, 0.25) is 5.02 Å². The highest BCUT2D eigenvalue weighted by Gasteiger charge is 2.19. The number of halogens is 1. The van der Waals surface area contributed by atoms with E-state index in [-0.39, 0.29) is 11.5 Å². The van der Waals surface area contributed by atoms with Crippen molar-refractivity contribution in [2.45, 2.75) is 31.3 Å². The molecule has 3 rings (SSSR count). The molecule has 0 radical (unpaired) electrons. The predicted molar refractivity (Wildman–Crippen MR) is 107 cm³/mol. The highest BCUT2D eigenvalue weighted by molar-refractivity contribution is 7.99. The molecule has 0 unspecified atom stereocenters. The van der Waals surface area contributed by atoms with Crippen LogP contribution in [0, 0.1) is 0 Å². The predicted octanol–water partition coefficient (Wildman–Crippen LogP) is 6.04. The van der Waals surface area contributed by atoms with Gasteiger partial charge in [0, 0.05) is 11.4 Å². The third-order valence-electron chi connectivity index (χ3n) is 4.23. The summed E-state index contributed by atoms with van der Waals surface area (Å²) in [5.41, 5.74) is 3.71. The summed E-state index contributed by atoms with van der Waals surface area (Å²) in [5, 5.41) is 0.791. The summed E-state index contributed by atoms with van der Waals surface area (Å²) in [4.78, 5) is 0. The second-order valence-electron chi connectivity index (χ2n) is 5.99. The Labute approximate surface area is 159 Å². The van der Waals surface area contributed by atoms with Gasteiger partial charge < -0.3 is 9.47 Å². The average molecular weight is 375 g/mol. The molecule has 1 aliphatic rings. The van der Waals surface area contributed by atoms with Crippen LogP contribution in [0.5, 0.6) is 5.75 Å². The van der Waals surface area contributed by atoms with Crippen LogP contribution in [0.1, 0.15) is 36.1 Å². The van der Waals surface area contributed by atoms with Gasteiger partial charge in [-0.3, -0.25) is 0 Å². The Morgan fingerprint density at radius 3 is 2.72 bits per heavy atom. The molecule has 2 aromatic rings. The summed E-state index contributed by atoms with van der Waals surface area (Å²) in [7, 11) is 0. The van der Waals surface area contributed by atoms with E-state index >= 15 is 0 Å². The molecule has 0 amide bonds. The highest BCUT2D eigenvalue weighted by atomic mass is 35.5. The lowest BCUT2D eigenvalue weighted by Crippen LogP contribution is -2.15. The number of thioether (sulfide) groups is 1. The van der Waals surface area contributed by atoms with Gasteiger partial charge in [-0.2, -0.15) is 0 Å². The molecular weight excluding hydrogens is 352 g/mol. The molecule has 0 spiro atoms. The molecule has 0 saturated carbocycles. The van der Waals surface area contributed by atoms with Crippen molar-refractivity contribution in [3.63, 3.8) is 0 Å². The quantitative estimate of drug-likeness (QED) is 0.574. The maximum Gasteiger partial charge on any atom is 0.119 e. The Morgan fingerprint density at radius 2 is 2.00 bits per heavy atom. The fourth-order valence-corrected chi connectivity index (χ4v) is 3.64. The molecule has 4 heteroatoms. The Balaban J connectivity index is 1.77. The Hall–Kier alpha value is -1.42. The molecule has 1 aliphatic heterocycles. The van der Waals surface area contributed by atoms with Crippen LogP contribution < -0.4 is 4.74 Å². The van der Waals surface area contributed by atoms with Gasteiger partial charge in [0.05, 0.1) is 6.61 Å². The monoisotopic (exact) mass is 374 g/mol. The van der Waals surface area contributed by atoms with Crippen LogP contribution >= 0.6 is 23.4 Å². The van der Waals surface area contributed by atoms with E-state index in [1.807, 2.05) is 25.1 Å². The van der Waals surface area contributed by atoms with E-state index in [4.69, 9.17) is 21.1 Å². The Bertz CT molecular complexity index is 727. The number of hydrogen-bond donors (Lipinski definition) is 0.